The number of carbonyl (C=O) groups is 1. The Hall–Kier alpha value is -4.20. The fourth-order valence-electron chi connectivity index (χ4n) is 3.56. The van der Waals surface area contributed by atoms with E-state index in [-0.39, 0.29) is 6.01 Å². The number of aromatic nitrogens is 3. The third kappa shape index (κ3) is 4.27. The van der Waals surface area contributed by atoms with Gasteiger partial charge in [0.15, 0.2) is 11.5 Å². The molecule has 8 nitrogen and oxygen atoms in total. The van der Waals surface area contributed by atoms with Gasteiger partial charge in [-0.15, -0.1) is 5.10 Å². The number of hydrogen-bond acceptors (Lipinski definition) is 8. The number of anilines is 1. The summed E-state index contributed by atoms with van der Waals surface area (Å²) >= 11 is 0. The molecular formula is C25H22N4O4. The Kier molecular flexibility index (Phi) is 5.72. The van der Waals surface area contributed by atoms with E-state index in [2.05, 4.69) is 27.4 Å². The number of aldehydes is 1. The molecule has 3 heterocycles. The highest BCUT2D eigenvalue weighted by molar-refractivity contribution is 5.79. The van der Waals surface area contributed by atoms with Gasteiger partial charge < -0.3 is 19.2 Å². The number of furan rings is 1. The molecule has 0 spiro atoms. The third-order valence-electron chi connectivity index (χ3n) is 5.26. The summed E-state index contributed by atoms with van der Waals surface area (Å²) in [4.78, 5) is 15.6. The van der Waals surface area contributed by atoms with Gasteiger partial charge in [0.1, 0.15) is 12.0 Å². The second kappa shape index (κ2) is 9.12. The maximum absolute atomic E-state index is 11.1. The number of nitrogens with zero attached hydrogens (tertiary/aromatic N) is 3. The van der Waals surface area contributed by atoms with Crippen molar-refractivity contribution in [2.24, 2.45) is 0 Å². The van der Waals surface area contributed by atoms with E-state index in [1.165, 1.54) is 0 Å². The Morgan fingerprint density at radius 2 is 2.00 bits per heavy atom. The van der Waals surface area contributed by atoms with Crippen molar-refractivity contribution in [3.63, 3.8) is 0 Å². The van der Waals surface area contributed by atoms with E-state index in [9.17, 15) is 4.79 Å². The molecule has 1 aliphatic heterocycles. The minimum absolute atomic E-state index is 0.172. The molecule has 4 aromatic rings. The summed E-state index contributed by atoms with van der Waals surface area (Å²) in [6.07, 6.45) is 2.06. The molecule has 5 rings (SSSR count). The topological polar surface area (TPSA) is 99.4 Å². The van der Waals surface area contributed by atoms with Crippen LogP contribution in [0, 0.1) is 0 Å². The molecule has 166 valence electrons. The molecule has 0 saturated carbocycles. The van der Waals surface area contributed by atoms with Crippen LogP contribution in [0.5, 0.6) is 11.9 Å². The van der Waals surface area contributed by atoms with Crippen LogP contribution in [0.15, 0.2) is 65.1 Å². The Balaban J connectivity index is 1.49. The van der Waals surface area contributed by atoms with Crippen molar-refractivity contribution in [2.75, 3.05) is 11.9 Å². The van der Waals surface area contributed by atoms with Crippen molar-refractivity contribution in [3.8, 4) is 34.5 Å². The lowest BCUT2D eigenvalue weighted by Gasteiger charge is -2.16. The van der Waals surface area contributed by atoms with Gasteiger partial charge in [-0.25, -0.2) is 0 Å². The number of rotatable bonds is 7. The number of unbranched alkanes of at least 4 members (excludes halogenated alkanes) is 1. The van der Waals surface area contributed by atoms with Gasteiger partial charge in [-0.2, -0.15) is 4.98 Å². The summed E-state index contributed by atoms with van der Waals surface area (Å²) in [6, 6.07) is 18.8. The molecule has 2 aromatic carbocycles. The van der Waals surface area contributed by atoms with Crippen molar-refractivity contribution in [3.05, 3.63) is 72.0 Å². The van der Waals surface area contributed by atoms with Gasteiger partial charge in [0, 0.05) is 22.4 Å². The Labute approximate surface area is 190 Å². The maximum atomic E-state index is 11.1. The summed E-state index contributed by atoms with van der Waals surface area (Å²) in [6.45, 7) is 2.60. The van der Waals surface area contributed by atoms with Gasteiger partial charge >= 0.3 is 6.01 Å². The van der Waals surface area contributed by atoms with Gasteiger partial charge in [-0.1, -0.05) is 54.8 Å². The molecular weight excluding hydrogens is 420 g/mol. The number of ether oxygens (including phenoxy) is 2. The average molecular weight is 442 g/mol. The van der Waals surface area contributed by atoms with Crippen LogP contribution in [0.25, 0.3) is 22.6 Å². The minimum Gasteiger partial charge on any atom is -0.462 e. The van der Waals surface area contributed by atoms with E-state index in [1.807, 2.05) is 48.5 Å². The summed E-state index contributed by atoms with van der Waals surface area (Å²) in [7, 11) is 0. The predicted octanol–water partition coefficient (Wildman–Crippen LogP) is 5.29. The first-order valence-corrected chi connectivity index (χ1v) is 10.8. The van der Waals surface area contributed by atoms with E-state index >= 15 is 0 Å². The summed E-state index contributed by atoms with van der Waals surface area (Å²) in [5.74, 6) is 1.48. The smallest absolute Gasteiger partial charge is 0.339 e. The first-order chi connectivity index (χ1) is 16.2. The van der Waals surface area contributed by atoms with Gasteiger partial charge in [0.2, 0.25) is 12.1 Å². The van der Waals surface area contributed by atoms with Crippen LogP contribution in [0.4, 0.5) is 5.69 Å². The van der Waals surface area contributed by atoms with Gasteiger partial charge in [-0.3, -0.25) is 4.79 Å². The number of nitrogens with one attached hydrogen (secondary N) is 1. The lowest BCUT2D eigenvalue weighted by molar-refractivity contribution is 0.112. The van der Waals surface area contributed by atoms with Crippen molar-refractivity contribution in [1.82, 2.24) is 15.2 Å². The number of benzene rings is 2. The number of hydrogen-bond donors (Lipinski definition) is 1. The van der Waals surface area contributed by atoms with E-state index in [1.54, 1.807) is 12.1 Å². The van der Waals surface area contributed by atoms with Crippen LogP contribution in [-0.4, -0.2) is 28.1 Å². The predicted molar refractivity (Wildman–Crippen MR) is 122 cm³/mol. The molecule has 8 heteroatoms. The fraction of sp³-hybridized carbons (Fsp3) is 0.200. The molecule has 1 aliphatic rings. The van der Waals surface area contributed by atoms with Crippen LogP contribution in [0.3, 0.4) is 0 Å². The zero-order valence-electron chi connectivity index (χ0n) is 18.0. The van der Waals surface area contributed by atoms with Gasteiger partial charge in [-0.05, 0) is 30.7 Å². The fourth-order valence-corrected chi connectivity index (χ4v) is 3.56. The van der Waals surface area contributed by atoms with E-state index in [0.29, 0.717) is 35.3 Å². The van der Waals surface area contributed by atoms with Gasteiger partial charge in [0.25, 0.3) is 0 Å². The molecule has 0 saturated heterocycles. The highest BCUT2D eigenvalue weighted by Crippen LogP contribution is 2.40. The van der Waals surface area contributed by atoms with Gasteiger partial charge in [0.05, 0.1) is 6.61 Å². The monoisotopic (exact) mass is 442 g/mol. The second-order valence-electron chi connectivity index (χ2n) is 7.58. The van der Waals surface area contributed by atoms with Crippen LogP contribution in [0.1, 0.15) is 42.1 Å². The SMILES string of the molecule is CCCCOc1nnc2c(n1)OC(c1ccc(-c3cccc(C=O)c3)o1)Nc1ccccc1-2. The number of para-hydroxylation sites is 1. The minimum atomic E-state index is -0.657. The Morgan fingerprint density at radius 3 is 2.88 bits per heavy atom. The molecule has 0 radical (unpaired) electrons. The highest BCUT2D eigenvalue weighted by Gasteiger charge is 2.28. The third-order valence-corrected chi connectivity index (χ3v) is 5.26. The number of carbonyl (C=O) groups excluding carboxylic acids is 1. The molecule has 1 N–H and O–H groups in total. The lowest BCUT2D eigenvalue weighted by atomic mass is 10.1. The molecule has 0 amide bonds. The quantitative estimate of drug-likeness (QED) is 0.304. The zero-order chi connectivity index (χ0) is 22.6. The van der Waals surface area contributed by atoms with Crippen LogP contribution >= 0.6 is 0 Å². The lowest BCUT2D eigenvalue weighted by Crippen LogP contribution is -2.16. The van der Waals surface area contributed by atoms with Crippen LogP contribution in [-0.2, 0) is 0 Å². The van der Waals surface area contributed by atoms with E-state index in [0.717, 1.165) is 35.9 Å². The molecule has 33 heavy (non-hydrogen) atoms. The molecule has 0 bridgehead atoms. The zero-order valence-corrected chi connectivity index (χ0v) is 18.0. The van der Waals surface area contributed by atoms with E-state index in [4.69, 9.17) is 13.9 Å². The van der Waals surface area contributed by atoms with Crippen molar-refractivity contribution in [1.29, 1.82) is 0 Å². The summed E-state index contributed by atoms with van der Waals surface area (Å²) in [5.41, 5.74) is 3.54. The molecule has 1 unspecified atom stereocenters. The van der Waals surface area contributed by atoms with Crippen molar-refractivity contribution in [2.45, 2.75) is 26.0 Å². The second-order valence-corrected chi connectivity index (χ2v) is 7.58. The van der Waals surface area contributed by atoms with Crippen molar-refractivity contribution >= 4 is 12.0 Å². The average Bonchev–Trinajstić information content (AvgIpc) is 3.29. The first-order valence-electron chi connectivity index (χ1n) is 10.8. The maximum Gasteiger partial charge on any atom is 0.339 e. The van der Waals surface area contributed by atoms with Crippen LogP contribution < -0.4 is 14.8 Å². The molecule has 2 aromatic heterocycles. The summed E-state index contributed by atoms with van der Waals surface area (Å²) < 4.78 is 17.9. The molecule has 0 aliphatic carbocycles. The normalized spacial score (nSPS) is 14.3. The highest BCUT2D eigenvalue weighted by atomic mass is 16.5. The Morgan fingerprint density at radius 1 is 1.09 bits per heavy atom. The first kappa shape index (κ1) is 20.7. The standard InChI is InChI=1S/C25H22N4O4/c1-2-3-13-31-25-27-24-22(28-29-25)18-9-4-5-10-19(18)26-23(33-24)21-12-11-20(32-21)17-8-6-7-16(14-17)15-30/h4-12,14-15,23,26H,2-3,13H2,1H3. The molecule has 0 fully saturated rings. The number of fused-ring (bicyclic) bond motifs is 3. The largest absolute Gasteiger partial charge is 0.462 e. The van der Waals surface area contributed by atoms with E-state index < -0.39 is 6.23 Å². The summed E-state index contributed by atoms with van der Waals surface area (Å²) in [5, 5.41) is 11.8. The molecule has 1 atom stereocenters. The van der Waals surface area contributed by atoms with Crippen molar-refractivity contribution < 1.29 is 18.7 Å². The Bertz CT molecular complexity index is 1290. The van der Waals surface area contributed by atoms with Crippen LogP contribution in [0.2, 0.25) is 0 Å².